The van der Waals surface area contributed by atoms with Gasteiger partial charge in [0.15, 0.2) is 5.69 Å². The van der Waals surface area contributed by atoms with Crippen LogP contribution in [0.1, 0.15) is 41.8 Å². The smallest absolute Gasteiger partial charge is 0.368 e. The number of halogens is 3. The van der Waals surface area contributed by atoms with Gasteiger partial charge in [-0.1, -0.05) is 0 Å². The summed E-state index contributed by atoms with van der Waals surface area (Å²) in [6, 6.07) is 0. The summed E-state index contributed by atoms with van der Waals surface area (Å²) in [6.45, 7) is 2.58. The van der Waals surface area contributed by atoms with Crippen LogP contribution >= 0.6 is 11.3 Å². The van der Waals surface area contributed by atoms with E-state index in [2.05, 4.69) is 10.3 Å². The lowest BCUT2D eigenvalue weighted by Crippen LogP contribution is -2.30. The lowest BCUT2D eigenvalue weighted by atomic mass is 9.97. The molecule has 1 N–H and O–H groups in total. The Labute approximate surface area is 114 Å². The molecule has 0 aliphatic carbocycles. The van der Waals surface area contributed by atoms with E-state index in [1.807, 2.05) is 6.92 Å². The fraction of sp³-hybridized carbons (Fsp3) is 0.750. The van der Waals surface area contributed by atoms with Gasteiger partial charge in [0.25, 0.3) is 0 Å². The molecule has 7 heteroatoms. The molecule has 3 nitrogen and oxygen atoms in total. The van der Waals surface area contributed by atoms with Crippen molar-refractivity contribution in [3.8, 4) is 0 Å². The summed E-state index contributed by atoms with van der Waals surface area (Å²) in [5.74, 6) is 0. The molecule has 1 atom stereocenters. The third-order valence-electron chi connectivity index (χ3n) is 3.22. The van der Waals surface area contributed by atoms with Crippen molar-refractivity contribution < 1.29 is 17.9 Å². The molecule has 1 aromatic heterocycles. The first-order chi connectivity index (χ1) is 8.87. The fourth-order valence-electron chi connectivity index (χ4n) is 2.18. The highest BCUT2D eigenvalue weighted by atomic mass is 32.1. The molecule has 1 aliphatic rings. The summed E-state index contributed by atoms with van der Waals surface area (Å²) in [5.41, 5.74) is -1.45. The second kappa shape index (κ2) is 5.38. The lowest BCUT2D eigenvalue weighted by Gasteiger charge is -2.31. The summed E-state index contributed by atoms with van der Waals surface area (Å²) >= 11 is 1.10. The van der Waals surface area contributed by atoms with E-state index in [1.54, 1.807) is 7.05 Å². The van der Waals surface area contributed by atoms with Gasteiger partial charge >= 0.3 is 6.18 Å². The highest BCUT2D eigenvalue weighted by Crippen LogP contribution is 2.41. The van der Waals surface area contributed by atoms with Gasteiger partial charge in [0, 0.05) is 13.2 Å². The molecule has 0 aromatic carbocycles. The van der Waals surface area contributed by atoms with Gasteiger partial charge in [0.05, 0.1) is 4.88 Å². The van der Waals surface area contributed by atoms with Gasteiger partial charge in [0.2, 0.25) is 0 Å². The maximum absolute atomic E-state index is 13.0. The van der Waals surface area contributed by atoms with Crippen LogP contribution in [-0.4, -0.2) is 18.6 Å². The molecular weight excluding hydrogens is 277 g/mol. The number of nitrogens with one attached hydrogen (secondary N) is 1. The van der Waals surface area contributed by atoms with Gasteiger partial charge in [-0.05, 0) is 33.2 Å². The molecular formula is C12H17F3N2OS. The molecule has 1 unspecified atom stereocenters. The summed E-state index contributed by atoms with van der Waals surface area (Å²) in [4.78, 5) is 4.05. The zero-order chi connectivity index (χ0) is 14.1. The molecule has 1 aromatic rings. The molecule has 2 heterocycles. The molecule has 0 bridgehead atoms. The van der Waals surface area contributed by atoms with Crippen molar-refractivity contribution in [2.45, 2.75) is 44.5 Å². The number of aromatic nitrogens is 1. The second-order valence-corrected chi connectivity index (χ2v) is 5.94. The Bertz CT molecular complexity index is 439. The SMILES string of the molecule is CNCc1sc(C2(C)CCCCO2)nc1C(F)(F)F. The normalized spacial score (nSPS) is 24.7. The van der Waals surface area contributed by atoms with Gasteiger partial charge in [-0.3, -0.25) is 0 Å². The van der Waals surface area contributed by atoms with E-state index in [1.165, 1.54) is 0 Å². The quantitative estimate of drug-likeness (QED) is 0.929. The van der Waals surface area contributed by atoms with Gasteiger partial charge in [-0.25, -0.2) is 4.98 Å². The van der Waals surface area contributed by atoms with E-state index in [0.717, 1.165) is 30.6 Å². The molecule has 2 rings (SSSR count). The van der Waals surface area contributed by atoms with Crippen LogP contribution in [0.15, 0.2) is 0 Å². The van der Waals surface area contributed by atoms with E-state index in [0.29, 0.717) is 11.6 Å². The zero-order valence-corrected chi connectivity index (χ0v) is 11.7. The van der Waals surface area contributed by atoms with E-state index < -0.39 is 17.5 Å². The van der Waals surface area contributed by atoms with Crippen molar-refractivity contribution >= 4 is 11.3 Å². The van der Waals surface area contributed by atoms with Crippen molar-refractivity contribution in [1.29, 1.82) is 0 Å². The molecule has 108 valence electrons. The molecule has 19 heavy (non-hydrogen) atoms. The number of hydrogen-bond acceptors (Lipinski definition) is 4. The minimum absolute atomic E-state index is 0.169. The maximum Gasteiger partial charge on any atom is 0.434 e. The fourth-order valence-corrected chi connectivity index (χ4v) is 3.40. The topological polar surface area (TPSA) is 34.1 Å². The predicted molar refractivity (Wildman–Crippen MR) is 67.0 cm³/mol. The Morgan fingerprint density at radius 2 is 2.16 bits per heavy atom. The minimum atomic E-state index is -4.41. The third-order valence-corrected chi connectivity index (χ3v) is 4.52. The van der Waals surface area contributed by atoms with E-state index >= 15 is 0 Å². The van der Waals surface area contributed by atoms with Crippen molar-refractivity contribution in [1.82, 2.24) is 10.3 Å². The third kappa shape index (κ3) is 3.09. The van der Waals surface area contributed by atoms with Crippen LogP contribution in [0.5, 0.6) is 0 Å². The number of thiazole rings is 1. The first-order valence-corrected chi connectivity index (χ1v) is 7.04. The number of rotatable bonds is 3. The minimum Gasteiger partial charge on any atom is -0.368 e. The standard InChI is InChI=1S/C12H17F3N2OS/c1-11(5-3-4-6-18-11)10-17-9(12(13,14)15)8(19-10)7-16-2/h16H,3-7H2,1-2H3. The average Bonchev–Trinajstić information content (AvgIpc) is 2.75. The summed E-state index contributed by atoms with van der Waals surface area (Å²) in [6.07, 6.45) is -1.78. The van der Waals surface area contributed by atoms with E-state index in [4.69, 9.17) is 4.74 Å². The van der Waals surface area contributed by atoms with Crippen LogP contribution in [0.2, 0.25) is 0 Å². The van der Waals surface area contributed by atoms with Gasteiger partial charge in [-0.2, -0.15) is 13.2 Å². The van der Waals surface area contributed by atoms with Gasteiger partial charge in [-0.15, -0.1) is 11.3 Å². The Morgan fingerprint density at radius 3 is 2.68 bits per heavy atom. The number of nitrogens with zero attached hydrogens (tertiary/aromatic N) is 1. The van der Waals surface area contributed by atoms with Crippen LogP contribution in [0.3, 0.4) is 0 Å². The van der Waals surface area contributed by atoms with E-state index in [9.17, 15) is 13.2 Å². The van der Waals surface area contributed by atoms with Crippen LogP contribution in [0, 0.1) is 0 Å². The number of ether oxygens (including phenoxy) is 1. The summed E-state index contributed by atoms with van der Waals surface area (Å²) < 4.78 is 44.5. The van der Waals surface area contributed by atoms with E-state index in [-0.39, 0.29) is 11.4 Å². The number of alkyl halides is 3. The Morgan fingerprint density at radius 1 is 1.42 bits per heavy atom. The molecule has 0 saturated carbocycles. The number of hydrogen-bond donors (Lipinski definition) is 1. The maximum atomic E-state index is 13.0. The van der Waals surface area contributed by atoms with Crippen LogP contribution in [0.25, 0.3) is 0 Å². The van der Waals surface area contributed by atoms with Crippen molar-refractivity contribution in [3.63, 3.8) is 0 Å². The Balaban J connectivity index is 2.36. The monoisotopic (exact) mass is 294 g/mol. The highest BCUT2D eigenvalue weighted by molar-refractivity contribution is 7.11. The summed E-state index contributed by atoms with van der Waals surface area (Å²) in [7, 11) is 1.62. The molecule has 1 saturated heterocycles. The molecule has 0 amide bonds. The average molecular weight is 294 g/mol. The predicted octanol–water partition coefficient (Wildman–Crippen LogP) is 3.30. The van der Waals surface area contributed by atoms with Crippen LogP contribution in [0.4, 0.5) is 13.2 Å². The molecule has 0 spiro atoms. The largest absolute Gasteiger partial charge is 0.434 e. The summed E-state index contributed by atoms with van der Waals surface area (Å²) in [5, 5.41) is 3.19. The highest BCUT2D eigenvalue weighted by Gasteiger charge is 2.41. The van der Waals surface area contributed by atoms with Gasteiger partial charge in [0.1, 0.15) is 10.6 Å². The second-order valence-electron chi connectivity index (χ2n) is 4.86. The zero-order valence-electron chi connectivity index (χ0n) is 10.9. The van der Waals surface area contributed by atoms with Crippen molar-refractivity contribution in [3.05, 3.63) is 15.6 Å². The first-order valence-electron chi connectivity index (χ1n) is 6.23. The molecule has 1 aliphatic heterocycles. The Hall–Kier alpha value is -0.660. The van der Waals surface area contributed by atoms with Crippen LogP contribution in [-0.2, 0) is 23.1 Å². The van der Waals surface area contributed by atoms with Gasteiger partial charge < -0.3 is 10.1 Å². The first kappa shape index (κ1) is 14.7. The van der Waals surface area contributed by atoms with Crippen molar-refractivity contribution in [2.24, 2.45) is 0 Å². The van der Waals surface area contributed by atoms with Crippen LogP contribution < -0.4 is 5.32 Å². The molecule has 0 radical (unpaired) electrons. The van der Waals surface area contributed by atoms with Crippen molar-refractivity contribution in [2.75, 3.05) is 13.7 Å². The lowest BCUT2D eigenvalue weighted by molar-refractivity contribution is -0.142. The Kier molecular flexibility index (Phi) is 4.17. The molecule has 1 fully saturated rings.